The standard InChI is InChI=1S/C24H46N6.HI/c1-25-23(27-21-10-16-29(17-11-21)22-8-4-5-9-22)26-20-24(12-18-28(2)19-13-24)30-14-6-3-7-15-30;/h21-22H,3-20H2,1-2H3,(H2,25,26,27);1H. The minimum Gasteiger partial charge on any atom is -0.355 e. The number of guanidine groups is 1. The van der Waals surface area contributed by atoms with Crippen molar-refractivity contribution in [1.82, 2.24) is 25.3 Å². The molecule has 3 heterocycles. The summed E-state index contributed by atoms with van der Waals surface area (Å²) in [5, 5.41) is 7.54. The van der Waals surface area contributed by atoms with Gasteiger partial charge in [0.05, 0.1) is 0 Å². The molecule has 0 spiro atoms. The molecule has 0 aromatic carbocycles. The quantitative estimate of drug-likeness (QED) is 0.315. The van der Waals surface area contributed by atoms with Gasteiger partial charge in [0.1, 0.15) is 0 Å². The Kier molecular flexibility index (Phi) is 10.2. The highest BCUT2D eigenvalue weighted by Crippen LogP contribution is 2.31. The predicted octanol–water partition coefficient (Wildman–Crippen LogP) is 3.13. The molecule has 0 aromatic rings. The molecule has 0 unspecified atom stereocenters. The highest BCUT2D eigenvalue weighted by Gasteiger charge is 2.39. The van der Waals surface area contributed by atoms with Crippen molar-refractivity contribution in [1.29, 1.82) is 0 Å². The van der Waals surface area contributed by atoms with Crippen molar-refractivity contribution in [2.45, 2.75) is 88.3 Å². The molecule has 4 rings (SSSR count). The number of hydrogen-bond donors (Lipinski definition) is 2. The van der Waals surface area contributed by atoms with E-state index in [2.05, 4.69) is 37.4 Å². The van der Waals surface area contributed by atoms with Crippen molar-refractivity contribution in [3.63, 3.8) is 0 Å². The van der Waals surface area contributed by atoms with Crippen LogP contribution in [-0.4, -0.2) is 98.2 Å². The van der Waals surface area contributed by atoms with Crippen molar-refractivity contribution in [3.05, 3.63) is 0 Å². The summed E-state index contributed by atoms with van der Waals surface area (Å²) in [7, 11) is 4.21. The molecular weight excluding hydrogens is 499 g/mol. The topological polar surface area (TPSA) is 46.1 Å². The molecule has 0 atom stereocenters. The lowest BCUT2D eigenvalue weighted by atomic mass is 9.84. The number of nitrogens with one attached hydrogen (secondary N) is 2. The Labute approximate surface area is 208 Å². The van der Waals surface area contributed by atoms with Crippen LogP contribution >= 0.6 is 24.0 Å². The summed E-state index contributed by atoms with van der Waals surface area (Å²) in [5.74, 6) is 1.02. The van der Waals surface area contributed by atoms with Crippen LogP contribution in [0.2, 0.25) is 0 Å². The summed E-state index contributed by atoms with van der Waals surface area (Å²) < 4.78 is 0. The van der Waals surface area contributed by atoms with Crippen LogP contribution in [0.15, 0.2) is 4.99 Å². The zero-order valence-corrected chi connectivity index (χ0v) is 22.4. The number of likely N-dealkylation sites (tertiary alicyclic amines) is 3. The molecule has 0 amide bonds. The molecule has 4 aliphatic rings. The lowest BCUT2D eigenvalue weighted by Gasteiger charge is -2.50. The predicted molar refractivity (Wildman–Crippen MR) is 142 cm³/mol. The number of halogens is 1. The second-order valence-corrected chi connectivity index (χ2v) is 10.4. The number of rotatable bonds is 5. The highest BCUT2D eigenvalue weighted by atomic mass is 127. The summed E-state index contributed by atoms with van der Waals surface area (Å²) in [6.07, 6.45) is 14.9. The second-order valence-electron chi connectivity index (χ2n) is 10.4. The third-order valence-electron chi connectivity index (χ3n) is 8.46. The summed E-state index contributed by atoms with van der Waals surface area (Å²) in [5.41, 5.74) is 0.302. The molecule has 6 nitrogen and oxygen atoms in total. The summed E-state index contributed by atoms with van der Waals surface area (Å²) >= 11 is 0. The van der Waals surface area contributed by atoms with Gasteiger partial charge in [-0.05, 0) is 84.6 Å². The molecular formula is C24H47IN6. The Morgan fingerprint density at radius 1 is 0.871 bits per heavy atom. The maximum Gasteiger partial charge on any atom is 0.191 e. The van der Waals surface area contributed by atoms with E-state index < -0.39 is 0 Å². The molecule has 4 fully saturated rings. The Morgan fingerprint density at radius 3 is 2.13 bits per heavy atom. The van der Waals surface area contributed by atoms with Crippen molar-refractivity contribution in [3.8, 4) is 0 Å². The molecule has 3 saturated heterocycles. The maximum absolute atomic E-state index is 4.61. The molecule has 0 aromatic heterocycles. The maximum atomic E-state index is 4.61. The average Bonchev–Trinajstić information content (AvgIpc) is 3.34. The largest absolute Gasteiger partial charge is 0.355 e. The first-order valence-corrected chi connectivity index (χ1v) is 12.8. The fourth-order valence-electron chi connectivity index (χ4n) is 6.32. The van der Waals surface area contributed by atoms with Gasteiger partial charge in [-0.1, -0.05) is 19.3 Å². The van der Waals surface area contributed by atoms with E-state index in [0.717, 1.165) is 18.5 Å². The molecule has 1 saturated carbocycles. The van der Waals surface area contributed by atoms with E-state index in [0.29, 0.717) is 11.6 Å². The first-order chi connectivity index (χ1) is 14.7. The van der Waals surface area contributed by atoms with E-state index in [1.54, 1.807) is 0 Å². The van der Waals surface area contributed by atoms with Gasteiger partial charge in [-0.15, -0.1) is 24.0 Å². The minimum atomic E-state index is 0. The first kappa shape index (κ1) is 25.5. The Bertz CT molecular complexity index is 542. The van der Waals surface area contributed by atoms with Crippen LogP contribution in [0.25, 0.3) is 0 Å². The van der Waals surface area contributed by atoms with Crippen LogP contribution in [0.5, 0.6) is 0 Å². The van der Waals surface area contributed by atoms with E-state index >= 15 is 0 Å². The number of aliphatic imine (C=N–C) groups is 1. The van der Waals surface area contributed by atoms with Crippen molar-refractivity contribution >= 4 is 29.9 Å². The second kappa shape index (κ2) is 12.4. The van der Waals surface area contributed by atoms with Crippen LogP contribution in [0.3, 0.4) is 0 Å². The van der Waals surface area contributed by atoms with Gasteiger partial charge in [-0.25, -0.2) is 0 Å². The van der Waals surface area contributed by atoms with E-state index in [4.69, 9.17) is 0 Å². The molecule has 0 bridgehead atoms. The minimum absolute atomic E-state index is 0. The molecule has 1 aliphatic carbocycles. The Balaban J connectivity index is 0.00000272. The molecule has 3 aliphatic heterocycles. The van der Waals surface area contributed by atoms with Gasteiger partial charge in [0, 0.05) is 44.3 Å². The molecule has 2 N–H and O–H groups in total. The zero-order chi connectivity index (χ0) is 20.8. The highest BCUT2D eigenvalue weighted by molar-refractivity contribution is 14.0. The van der Waals surface area contributed by atoms with Gasteiger partial charge < -0.3 is 20.4 Å². The van der Waals surface area contributed by atoms with Gasteiger partial charge in [-0.2, -0.15) is 0 Å². The first-order valence-electron chi connectivity index (χ1n) is 12.8. The van der Waals surface area contributed by atoms with Gasteiger partial charge in [0.15, 0.2) is 5.96 Å². The van der Waals surface area contributed by atoms with Crippen molar-refractivity contribution < 1.29 is 0 Å². The number of hydrogen-bond acceptors (Lipinski definition) is 4. The fraction of sp³-hybridized carbons (Fsp3) is 0.958. The Hall–Kier alpha value is -0.120. The van der Waals surface area contributed by atoms with Crippen molar-refractivity contribution in [2.24, 2.45) is 4.99 Å². The van der Waals surface area contributed by atoms with Gasteiger partial charge in [0.2, 0.25) is 0 Å². The third-order valence-corrected chi connectivity index (χ3v) is 8.46. The summed E-state index contributed by atoms with van der Waals surface area (Å²) in [6.45, 7) is 8.51. The monoisotopic (exact) mass is 546 g/mol. The van der Waals surface area contributed by atoms with Crippen molar-refractivity contribution in [2.75, 3.05) is 59.9 Å². The summed E-state index contributed by atoms with van der Waals surface area (Å²) in [4.78, 5) is 12.7. The molecule has 180 valence electrons. The Morgan fingerprint density at radius 2 is 1.52 bits per heavy atom. The molecule has 31 heavy (non-hydrogen) atoms. The normalized spacial score (nSPS) is 27.7. The van der Waals surface area contributed by atoms with Crippen LogP contribution < -0.4 is 10.6 Å². The van der Waals surface area contributed by atoms with Gasteiger partial charge in [-0.3, -0.25) is 9.89 Å². The number of piperidine rings is 3. The van der Waals surface area contributed by atoms with Crippen LogP contribution in [0.4, 0.5) is 0 Å². The van der Waals surface area contributed by atoms with E-state index in [-0.39, 0.29) is 24.0 Å². The average molecular weight is 547 g/mol. The zero-order valence-electron chi connectivity index (χ0n) is 20.1. The van der Waals surface area contributed by atoms with E-state index in [9.17, 15) is 0 Å². The smallest absolute Gasteiger partial charge is 0.191 e. The van der Waals surface area contributed by atoms with Gasteiger partial charge >= 0.3 is 0 Å². The fourth-order valence-corrected chi connectivity index (χ4v) is 6.32. The van der Waals surface area contributed by atoms with Crippen LogP contribution in [0, 0.1) is 0 Å². The van der Waals surface area contributed by atoms with E-state index in [1.807, 2.05) is 7.05 Å². The molecule has 0 radical (unpaired) electrons. The lowest BCUT2D eigenvalue weighted by molar-refractivity contribution is 0.0172. The van der Waals surface area contributed by atoms with E-state index in [1.165, 1.54) is 110 Å². The third kappa shape index (κ3) is 6.70. The van der Waals surface area contributed by atoms with Gasteiger partial charge in [0.25, 0.3) is 0 Å². The summed E-state index contributed by atoms with van der Waals surface area (Å²) in [6, 6.07) is 1.44. The van der Waals surface area contributed by atoms with Crippen LogP contribution in [0.1, 0.15) is 70.6 Å². The number of nitrogens with zero attached hydrogens (tertiary/aromatic N) is 4. The molecule has 7 heteroatoms. The van der Waals surface area contributed by atoms with Crippen LogP contribution in [-0.2, 0) is 0 Å². The SMILES string of the molecule is CN=C(NCC1(N2CCCCC2)CCN(C)CC1)NC1CCN(C2CCCC2)CC1.I. The lowest BCUT2D eigenvalue weighted by Crippen LogP contribution is -2.62.